The van der Waals surface area contributed by atoms with Crippen molar-refractivity contribution < 1.29 is 9.50 Å². The van der Waals surface area contributed by atoms with Crippen LogP contribution in [0.2, 0.25) is 5.02 Å². The van der Waals surface area contributed by atoms with Crippen LogP contribution in [0.1, 0.15) is 37.7 Å². The van der Waals surface area contributed by atoms with E-state index in [1.54, 1.807) is 12.1 Å². The van der Waals surface area contributed by atoms with Gasteiger partial charge in [0.2, 0.25) is 0 Å². The summed E-state index contributed by atoms with van der Waals surface area (Å²) in [5.74, 6) is -0.0371. The summed E-state index contributed by atoms with van der Waals surface area (Å²) in [5, 5.41) is 14.8. The third-order valence-corrected chi connectivity index (χ3v) is 5.36. The summed E-state index contributed by atoms with van der Waals surface area (Å²) in [6.07, 6.45) is 5.50. The van der Waals surface area contributed by atoms with Crippen LogP contribution in [-0.2, 0) is 6.42 Å². The highest BCUT2D eigenvalue weighted by Gasteiger charge is 2.45. The van der Waals surface area contributed by atoms with Gasteiger partial charge >= 0.3 is 0 Å². The number of hydrogen-bond donors (Lipinski definition) is 2. The third-order valence-electron chi connectivity index (χ3n) is 5.00. The van der Waals surface area contributed by atoms with Crippen LogP contribution in [0.4, 0.5) is 4.39 Å². The molecule has 1 heterocycles. The highest BCUT2D eigenvalue weighted by Crippen LogP contribution is 2.41. The molecule has 3 atom stereocenters. The number of benzene rings is 1. The van der Waals surface area contributed by atoms with Crippen molar-refractivity contribution in [2.75, 3.05) is 6.54 Å². The first-order chi connectivity index (χ1) is 9.60. The molecule has 4 heteroatoms. The fraction of sp³-hybridized carbons (Fsp3) is 0.625. The number of aliphatic hydroxyl groups is 1. The molecule has 1 aliphatic carbocycles. The first kappa shape index (κ1) is 14.3. The Labute approximate surface area is 124 Å². The van der Waals surface area contributed by atoms with Crippen LogP contribution in [-0.4, -0.2) is 23.3 Å². The van der Waals surface area contributed by atoms with Crippen molar-refractivity contribution in [3.05, 3.63) is 34.6 Å². The Balaban J connectivity index is 1.83. The second kappa shape index (κ2) is 5.63. The summed E-state index contributed by atoms with van der Waals surface area (Å²) < 4.78 is 14.0. The maximum absolute atomic E-state index is 14.0. The summed E-state index contributed by atoms with van der Waals surface area (Å²) in [4.78, 5) is 0. The first-order valence-corrected chi connectivity index (χ1v) is 7.86. The van der Waals surface area contributed by atoms with Gasteiger partial charge in [-0.3, -0.25) is 0 Å². The van der Waals surface area contributed by atoms with E-state index in [0.29, 0.717) is 17.0 Å². The molecule has 2 aliphatic rings. The van der Waals surface area contributed by atoms with E-state index in [4.69, 9.17) is 11.6 Å². The number of hydrogen-bond acceptors (Lipinski definition) is 2. The Bertz CT molecular complexity index is 471. The van der Waals surface area contributed by atoms with Crippen LogP contribution < -0.4 is 5.32 Å². The maximum Gasteiger partial charge on any atom is 0.127 e. The van der Waals surface area contributed by atoms with Crippen molar-refractivity contribution in [3.63, 3.8) is 0 Å². The largest absolute Gasteiger partial charge is 0.389 e. The second-order valence-electron chi connectivity index (χ2n) is 6.17. The topological polar surface area (TPSA) is 32.3 Å². The van der Waals surface area contributed by atoms with Gasteiger partial charge in [-0.2, -0.15) is 0 Å². The molecule has 0 amide bonds. The van der Waals surface area contributed by atoms with Gasteiger partial charge in [0.05, 0.1) is 5.60 Å². The lowest BCUT2D eigenvalue weighted by atomic mass is 9.67. The Morgan fingerprint density at radius 1 is 1.35 bits per heavy atom. The molecular formula is C16H21ClFNO. The highest BCUT2D eigenvalue weighted by atomic mass is 35.5. The molecule has 0 aromatic heterocycles. The van der Waals surface area contributed by atoms with Gasteiger partial charge in [-0.25, -0.2) is 4.39 Å². The molecule has 1 aromatic rings. The van der Waals surface area contributed by atoms with Gasteiger partial charge in [0.25, 0.3) is 0 Å². The summed E-state index contributed by atoms with van der Waals surface area (Å²) in [6.45, 7) is 0.795. The molecule has 2 fully saturated rings. The molecule has 20 heavy (non-hydrogen) atoms. The van der Waals surface area contributed by atoms with Crippen LogP contribution in [0.15, 0.2) is 18.2 Å². The SMILES string of the molecule is OC12CCCCC1C(Cc1c(F)cccc1Cl)NCC2. The molecular weight excluding hydrogens is 277 g/mol. The summed E-state index contributed by atoms with van der Waals surface area (Å²) >= 11 is 6.13. The minimum absolute atomic E-state index is 0.114. The zero-order valence-electron chi connectivity index (χ0n) is 11.5. The molecule has 1 saturated carbocycles. The van der Waals surface area contributed by atoms with Gasteiger partial charge in [-0.15, -0.1) is 0 Å². The molecule has 2 nitrogen and oxygen atoms in total. The molecule has 0 radical (unpaired) electrons. The molecule has 0 bridgehead atoms. The molecule has 1 saturated heterocycles. The Morgan fingerprint density at radius 3 is 3.00 bits per heavy atom. The zero-order valence-corrected chi connectivity index (χ0v) is 12.3. The van der Waals surface area contributed by atoms with Crippen molar-refractivity contribution in [2.45, 2.75) is 50.2 Å². The Kier molecular flexibility index (Phi) is 4.02. The van der Waals surface area contributed by atoms with Crippen LogP contribution >= 0.6 is 11.6 Å². The van der Waals surface area contributed by atoms with Gasteiger partial charge in [-0.05, 0) is 44.4 Å². The van der Waals surface area contributed by atoms with Crippen LogP contribution in [0.5, 0.6) is 0 Å². The predicted molar refractivity (Wildman–Crippen MR) is 78.4 cm³/mol. The highest BCUT2D eigenvalue weighted by molar-refractivity contribution is 6.31. The van der Waals surface area contributed by atoms with Crippen LogP contribution in [0.25, 0.3) is 0 Å². The van der Waals surface area contributed by atoms with E-state index < -0.39 is 5.60 Å². The van der Waals surface area contributed by atoms with Crippen LogP contribution in [0.3, 0.4) is 0 Å². The fourth-order valence-electron chi connectivity index (χ4n) is 3.91. The van der Waals surface area contributed by atoms with Gasteiger partial charge in [-0.1, -0.05) is 30.5 Å². The number of rotatable bonds is 2. The summed E-state index contributed by atoms with van der Waals surface area (Å²) in [5.41, 5.74) is 0.00723. The predicted octanol–water partition coefficient (Wildman–Crippen LogP) is 3.30. The molecule has 0 spiro atoms. The third kappa shape index (κ3) is 2.59. The monoisotopic (exact) mass is 297 g/mol. The van der Waals surface area contributed by atoms with Crippen molar-refractivity contribution in [3.8, 4) is 0 Å². The first-order valence-electron chi connectivity index (χ1n) is 7.49. The van der Waals surface area contributed by atoms with Crippen molar-refractivity contribution in [2.24, 2.45) is 5.92 Å². The lowest BCUT2D eigenvalue weighted by Crippen LogP contribution is -2.58. The number of fused-ring (bicyclic) bond motifs is 1. The minimum atomic E-state index is -0.564. The molecule has 3 unspecified atom stereocenters. The minimum Gasteiger partial charge on any atom is -0.389 e. The van der Waals surface area contributed by atoms with Crippen molar-refractivity contribution >= 4 is 11.6 Å². The molecule has 110 valence electrons. The Hall–Kier alpha value is -0.640. The van der Waals surface area contributed by atoms with Crippen LogP contribution in [0, 0.1) is 11.7 Å². The second-order valence-corrected chi connectivity index (χ2v) is 6.58. The standard InChI is InChI=1S/C16H21ClFNO/c17-13-5-3-6-14(18)11(13)10-15-12-4-1-2-7-16(12,20)8-9-19-15/h3,5-6,12,15,19-20H,1-2,4,7-10H2. The van der Waals surface area contributed by atoms with E-state index >= 15 is 0 Å². The molecule has 1 aliphatic heterocycles. The number of halogens is 2. The fourth-order valence-corrected chi connectivity index (χ4v) is 4.15. The summed E-state index contributed by atoms with van der Waals surface area (Å²) in [7, 11) is 0. The summed E-state index contributed by atoms with van der Waals surface area (Å²) in [6, 6.07) is 4.93. The lowest BCUT2D eigenvalue weighted by molar-refractivity contribution is -0.0851. The van der Waals surface area contributed by atoms with Crippen molar-refractivity contribution in [1.29, 1.82) is 0 Å². The van der Waals surface area contributed by atoms with E-state index in [0.717, 1.165) is 38.6 Å². The number of nitrogens with one attached hydrogen (secondary N) is 1. The van der Waals surface area contributed by atoms with Gasteiger partial charge < -0.3 is 10.4 Å². The quantitative estimate of drug-likeness (QED) is 0.878. The van der Waals surface area contributed by atoms with Gasteiger partial charge in [0.1, 0.15) is 5.82 Å². The normalized spacial score (nSPS) is 33.8. The van der Waals surface area contributed by atoms with Gasteiger partial charge in [0.15, 0.2) is 0 Å². The lowest BCUT2D eigenvalue weighted by Gasteiger charge is -2.48. The van der Waals surface area contributed by atoms with E-state index in [1.165, 1.54) is 6.07 Å². The van der Waals surface area contributed by atoms with E-state index in [1.807, 2.05) is 0 Å². The van der Waals surface area contributed by atoms with Crippen molar-refractivity contribution in [1.82, 2.24) is 5.32 Å². The maximum atomic E-state index is 14.0. The molecule has 3 rings (SSSR count). The average molecular weight is 298 g/mol. The van der Waals surface area contributed by atoms with E-state index in [9.17, 15) is 9.50 Å². The Morgan fingerprint density at radius 2 is 2.20 bits per heavy atom. The molecule has 2 N–H and O–H groups in total. The van der Waals surface area contributed by atoms with Gasteiger partial charge in [0, 0.05) is 22.5 Å². The average Bonchev–Trinajstić information content (AvgIpc) is 2.42. The molecule has 1 aromatic carbocycles. The number of piperidine rings is 1. The smallest absolute Gasteiger partial charge is 0.127 e. The van der Waals surface area contributed by atoms with E-state index in [-0.39, 0.29) is 17.8 Å². The zero-order chi connectivity index (χ0) is 14.2. The van der Waals surface area contributed by atoms with E-state index in [2.05, 4.69) is 5.32 Å².